The minimum absolute atomic E-state index is 0.00661. The van der Waals surface area contributed by atoms with Crippen molar-refractivity contribution in [3.63, 3.8) is 0 Å². The fourth-order valence-corrected chi connectivity index (χ4v) is 6.04. The van der Waals surface area contributed by atoms with Gasteiger partial charge in [-0.1, -0.05) is 31.2 Å². The Morgan fingerprint density at radius 2 is 1.65 bits per heavy atom. The minimum Gasteiger partial charge on any atom is -0.496 e. The fourth-order valence-electron chi connectivity index (χ4n) is 6.04. The zero-order valence-electron chi connectivity index (χ0n) is 23.8. The summed E-state index contributed by atoms with van der Waals surface area (Å²) in [7, 11) is 3.29. The molecule has 1 heterocycles. The largest absolute Gasteiger partial charge is 0.496 e. The van der Waals surface area contributed by atoms with Gasteiger partial charge >= 0.3 is 5.97 Å². The second-order valence-corrected chi connectivity index (χ2v) is 11.1. The van der Waals surface area contributed by atoms with Crippen LogP contribution in [-0.2, 0) is 9.53 Å². The SMILES string of the molecule is COc1ccccc1C(OC)c1ccc2oc3cc(C(=O)O)c(N(C(=O)[C@H]4CC[C@H](C)CC4)C(C)C)cc3c2c1. The average molecular weight is 544 g/mol. The molecule has 1 N–H and O–H groups in total. The summed E-state index contributed by atoms with van der Waals surface area (Å²) in [6, 6.07) is 16.7. The van der Waals surface area contributed by atoms with E-state index in [0.29, 0.717) is 22.8 Å². The van der Waals surface area contributed by atoms with Gasteiger partial charge in [0, 0.05) is 35.4 Å². The molecule has 40 heavy (non-hydrogen) atoms. The van der Waals surface area contributed by atoms with Crippen molar-refractivity contribution in [1.82, 2.24) is 0 Å². The predicted octanol–water partition coefficient (Wildman–Crippen LogP) is 7.60. The van der Waals surface area contributed by atoms with Crippen molar-refractivity contribution < 1.29 is 28.6 Å². The van der Waals surface area contributed by atoms with E-state index in [4.69, 9.17) is 13.9 Å². The van der Waals surface area contributed by atoms with E-state index in [2.05, 4.69) is 6.92 Å². The summed E-state index contributed by atoms with van der Waals surface area (Å²) >= 11 is 0. The maximum absolute atomic E-state index is 13.8. The van der Waals surface area contributed by atoms with Gasteiger partial charge in [-0.3, -0.25) is 4.79 Å². The van der Waals surface area contributed by atoms with Gasteiger partial charge in [0.05, 0.1) is 18.4 Å². The number of aromatic carboxylic acids is 1. The van der Waals surface area contributed by atoms with E-state index in [0.717, 1.165) is 53.3 Å². The van der Waals surface area contributed by atoms with E-state index < -0.39 is 5.97 Å². The third-order valence-corrected chi connectivity index (χ3v) is 8.18. The van der Waals surface area contributed by atoms with Crippen LogP contribution in [0.4, 0.5) is 5.69 Å². The molecule has 0 bridgehead atoms. The van der Waals surface area contributed by atoms with Crippen LogP contribution >= 0.6 is 0 Å². The molecular weight excluding hydrogens is 506 g/mol. The van der Waals surface area contributed by atoms with Gasteiger partial charge in [-0.15, -0.1) is 0 Å². The molecule has 1 atom stereocenters. The molecule has 7 heteroatoms. The number of benzene rings is 3. The first kappa shape index (κ1) is 27.7. The highest BCUT2D eigenvalue weighted by molar-refractivity contribution is 6.12. The first-order chi connectivity index (χ1) is 19.2. The van der Waals surface area contributed by atoms with Gasteiger partial charge in [-0.2, -0.15) is 0 Å². The highest BCUT2D eigenvalue weighted by Crippen LogP contribution is 2.40. The molecule has 1 amide bonds. The standard InChI is InChI=1S/C33H37NO6/c1-19(2)34(32(35)21-12-10-20(3)11-13-21)27-17-25-24-16-22(31(39-5)23-8-6-7-9-28(23)38-4)14-15-29(24)40-30(25)18-26(27)33(36)37/h6-9,14-21,31H,10-13H2,1-5H3,(H,36,37)/t20-,21-,31?. The van der Waals surface area contributed by atoms with Crippen molar-refractivity contribution in [2.24, 2.45) is 11.8 Å². The van der Waals surface area contributed by atoms with Crippen LogP contribution in [0.15, 0.2) is 59.0 Å². The number of carbonyl (C=O) groups is 2. The summed E-state index contributed by atoms with van der Waals surface area (Å²) in [5.74, 6) is 0.132. The molecular formula is C33H37NO6. The lowest BCUT2D eigenvalue weighted by Gasteiger charge is -2.34. The summed E-state index contributed by atoms with van der Waals surface area (Å²) in [6.07, 6.45) is 3.29. The maximum atomic E-state index is 13.8. The molecule has 0 aliphatic heterocycles. The second kappa shape index (κ2) is 11.3. The normalized spacial score (nSPS) is 18.2. The summed E-state index contributed by atoms with van der Waals surface area (Å²) in [6.45, 7) is 6.08. The number of hydrogen-bond acceptors (Lipinski definition) is 5. The van der Waals surface area contributed by atoms with Gasteiger partial charge in [0.15, 0.2) is 0 Å². The van der Waals surface area contributed by atoms with Crippen LogP contribution in [0, 0.1) is 11.8 Å². The fraction of sp³-hybridized carbons (Fsp3) is 0.394. The summed E-state index contributed by atoms with van der Waals surface area (Å²) in [5, 5.41) is 11.8. The van der Waals surface area contributed by atoms with Crippen LogP contribution in [0.5, 0.6) is 5.75 Å². The molecule has 1 aliphatic rings. The zero-order chi connectivity index (χ0) is 28.6. The number of amides is 1. The molecule has 0 saturated heterocycles. The van der Waals surface area contributed by atoms with Crippen LogP contribution < -0.4 is 9.64 Å². The molecule has 0 radical (unpaired) electrons. The van der Waals surface area contributed by atoms with Crippen molar-refractivity contribution >= 4 is 39.5 Å². The molecule has 1 saturated carbocycles. The Hall–Kier alpha value is -3.84. The van der Waals surface area contributed by atoms with Crippen molar-refractivity contribution in [2.75, 3.05) is 19.1 Å². The highest BCUT2D eigenvalue weighted by atomic mass is 16.5. The van der Waals surface area contributed by atoms with Gasteiger partial charge in [0.2, 0.25) is 5.91 Å². The van der Waals surface area contributed by atoms with Crippen molar-refractivity contribution in [1.29, 1.82) is 0 Å². The topological polar surface area (TPSA) is 89.2 Å². The number of para-hydroxylation sites is 1. The maximum Gasteiger partial charge on any atom is 0.337 e. The van der Waals surface area contributed by atoms with Crippen LogP contribution in [0.2, 0.25) is 0 Å². The van der Waals surface area contributed by atoms with Gasteiger partial charge in [0.25, 0.3) is 0 Å². The molecule has 5 rings (SSSR count). The molecule has 1 aromatic heterocycles. The monoisotopic (exact) mass is 543 g/mol. The highest BCUT2D eigenvalue weighted by Gasteiger charge is 2.33. The molecule has 0 spiro atoms. The second-order valence-electron chi connectivity index (χ2n) is 11.1. The number of nitrogens with zero attached hydrogens (tertiary/aromatic N) is 1. The molecule has 7 nitrogen and oxygen atoms in total. The number of carboxylic acids is 1. The smallest absolute Gasteiger partial charge is 0.337 e. The van der Waals surface area contributed by atoms with Gasteiger partial charge in [-0.05, 0) is 81.3 Å². The number of methoxy groups -OCH3 is 2. The third-order valence-electron chi connectivity index (χ3n) is 8.18. The average Bonchev–Trinajstić information content (AvgIpc) is 3.30. The number of furan rings is 1. The summed E-state index contributed by atoms with van der Waals surface area (Å²) < 4.78 is 17.6. The lowest BCUT2D eigenvalue weighted by Crippen LogP contribution is -2.42. The third kappa shape index (κ3) is 5.06. The predicted molar refractivity (Wildman–Crippen MR) is 156 cm³/mol. The van der Waals surface area contributed by atoms with E-state index in [9.17, 15) is 14.7 Å². The molecule has 1 unspecified atom stereocenters. The molecule has 1 aliphatic carbocycles. The summed E-state index contributed by atoms with van der Waals surface area (Å²) in [5.41, 5.74) is 3.35. The number of carboxylic acid groups (broad SMARTS) is 1. The van der Waals surface area contributed by atoms with E-state index in [-0.39, 0.29) is 29.5 Å². The lowest BCUT2D eigenvalue weighted by atomic mass is 9.82. The Balaban J connectivity index is 1.64. The Labute approximate surface area is 234 Å². The van der Waals surface area contributed by atoms with Crippen molar-refractivity contribution in [2.45, 2.75) is 58.6 Å². The first-order valence-electron chi connectivity index (χ1n) is 14.0. The Morgan fingerprint density at radius 1 is 0.950 bits per heavy atom. The van der Waals surface area contributed by atoms with E-state index in [1.54, 1.807) is 25.2 Å². The van der Waals surface area contributed by atoms with Crippen LogP contribution in [0.1, 0.15) is 74.0 Å². The molecule has 1 fully saturated rings. The number of rotatable bonds is 8. The van der Waals surface area contributed by atoms with Gasteiger partial charge in [-0.25, -0.2) is 4.79 Å². The zero-order valence-corrected chi connectivity index (χ0v) is 23.8. The Bertz CT molecular complexity index is 1550. The number of fused-ring (bicyclic) bond motifs is 3. The Kier molecular flexibility index (Phi) is 7.86. The van der Waals surface area contributed by atoms with Crippen LogP contribution in [-0.4, -0.2) is 37.2 Å². The first-order valence-corrected chi connectivity index (χ1v) is 14.0. The number of ether oxygens (including phenoxy) is 2. The van der Waals surface area contributed by atoms with Crippen molar-refractivity contribution in [3.8, 4) is 5.75 Å². The van der Waals surface area contributed by atoms with E-state index in [1.807, 2.05) is 62.4 Å². The lowest BCUT2D eigenvalue weighted by molar-refractivity contribution is -0.123. The summed E-state index contributed by atoms with van der Waals surface area (Å²) in [4.78, 5) is 28.0. The molecule has 210 valence electrons. The number of hydrogen-bond donors (Lipinski definition) is 1. The molecule has 3 aromatic carbocycles. The van der Waals surface area contributed by atoms with E-state index in [1.165, 1.54) is 0 Å². The van der Waals surface area contributed by atoms with Gasteiger partial charge in [0.1, 0.15) is 23.0 Å². The minimum atomic E-state index is -1.09. The van der Waals surface area contributed by atoms with E-state index >= 15 is 0 Å². The quantitative estimate of drug-likeness (QED) is 0.246. The van der Waals surface area contributed by atoms with Gasteiger partial charge < -0.3 is 23.9 Å². The Morgan fingerprint density at radius 3 is 2.30 bits per heavy atom. The number of carbonyl (C=O) groups excluding carboxylic acids is 1. The van der Waals surface area contributed by atoms with Crippen LogP contribution in [0.3, 0.4) is 0 Å². The number of anilines is 1. The van der Waals surface area contributed by atoms with Crippen molar-refractivity contribution in [3.05, 3.63) is 71.3 Å². The van der Waals surface area contributed by atoms with Crippen LogP contribution in [0.25, 0.3) is 21.9 Å². The molecule has 4 aromatic rings.